The second kappa shape index (κ2) is 13.2. The van der Waals surface area contributed by atoms with Gasteiger partial charge in [-0.15, -0.1) is 0 Å². The van der Waals surface area contributed by atoms with E-state index in [4.69, 9.17) is 10.1 Å². The summed E-state index contributed by atoms with van der Waals surface area (Å²) >= 11 is 0. The predicted molar refractivity (Wildman–Crippen MR) is 164 cm³/mol. The highest BCUT2D eigenvalue weighted by molar-refractivity contribution is 5.86. The van der Waals surface area contributed by atoms with Gasteiger partial charge in [0.2, 0.25) is 5.91 Å². The number of aromatic nitrogens is 2. The third-order valence-corrected chi connectivity index (χ3v) is 8.24. The number of hydrogen-bond donors (Lipinski definition) is 2. The highest BCUT2D eigenvalue weighted by Gasteiger charge is 2.32. The lowest BCUT2D eigenvalue weighted by Gasteiger charge is -2.27. The van der Waals surface area contributed by atoms with Crippen molar-refractivity contribution < 1.29 is 14.7 Å². The van der Waals surface area contributed by atoms with E-state index in [1.807, 2.05) is 53.4 Å². The molecule has 0 spiro atoms. The second-order valence-electron chi connectivity index (χ2n) is 11.4. The van der Waals surface area contributed by atoms with Gasteiger partial charge < -0.3 is 10.0 Å². The minimum absolute atomic E-state index is 0.0327. The van der Waals surface area contributed by atoms with E-state index in [1.54, 1.807) is 4.57 Å². The number of nitrogens with one attached hydrogen (secondary N) is 1. The van der Waals surface area contributed by atoms with E-state index in [1.165, 1.54) is 0 Å². The van der Waals surface area contributed by atoms with Crippen LogP contribution < -0.4 is 10.9 Å². The van der Waals surface area contributed by atoms with E-state index < -0.39 is 6.09 Å². The first-order valence-electron chi connectivity index (χ1n) is 15.1. The molecule has 3 aromatic rings. The summed E-state index contributed by atoms with van der Waals surface area (Å²) in [7, 11) is 0. The summed E-state index contributed by atoms with van der Waals surface area (Å²) in [4.78, 5) is 45.5. The van der Waals surface area contributed by atoms with Crippen LogP contribution in [0.1, 0.15) is 86.0 Å². The van der Waals surface area contributed by atoms with Gasteiger partial charge in [0, 0.05) is 42.3 Å². The van der Waals surface area contributed by atoms with E-state index in [-0.39, 0.29) is 23.8 Å². The minimum Gasteiger partial charge on any atom is -0.465 e. The van der Waals surface area contributed by atoms with Crippen molar-refractivity contribution in [3.05, 3.63) is 93.7 Å². The maximum absolute atomic E-state index is 14.1. The van der Waals surface area contributed by atoms with Crippen molar-refractivity contribution >= 4 is 17.7 Å². The average Bonchev–Trinajstić information content (AvgIpc) is 3.85. The van der Waals surface area contributed by atoms with Crippen LogP contribution in [0.5, 0.6) is 0 Å². The van der Waals surface area contributed by atoms with Crippen LogP contribution in [0.4, 0.5) is 4.79 Å². The molecule has 220 valence electrons. The number of benzene rings is 2. The Morgan fingerprint density at radius 1 is 1.05 bits per heavy atom. The predicted octanol–water partition coefficient (Wildman–Crippen LogP) is 5.97. The summed E-state index contributed by atoms with van der Waals surface area (Å²) in [5.41, 5.74) is 5.06. The molecule has 1 aliphatic carbocycles. The molecular weight excluding hydrogens is 528 g/mol. The molecule has 0 atom stereocenters. The quantitative estimate of drug-likeness (QED) is 0.297. The lowest BCUT2D eigenvalue weighted by Crippen LogP contribution is -2.39. The van der Waals surface area contributed by atoms with Crippen molar-refractivity contribution in [3.63, 3.8) is 0 Å². The first-order chi connectivity index (χ1) is 20.4. The number of amides is 2. The van der Waals surface area contributed by atoms with Crippen LogP contribution in [0.2, 0.25) is 0 Å². The summed E-state index contributed by atoms with van der Waals surface area (Å²) in [6.07, 6.45) is 6.84. The number of hydrogen-bond acceptors (Lipinski definition) is 4. The van der Waals surface area contributed by atoms with Crippen molar-refractivity contribution in [1.29, 1.82) is 0 Å². The average molecular weight is 569 g/mol. The Hall–Kier alpha value is -4.20. The first-order valence-corrected chi connectivity index (χ1v) is 15.1. The number of nitrogens with zero attached hydrogens (tertiary/aromatic N) is 3. The molecule has 0 unspecified atom stereocenters. The fourth-order valence-electron chi connectivity index (χ4n) is 5.78. The lowest BCUT2D eigenvalue weighted by molar-refractivity contribution is -0.131. The summed E-state index contributed by atoms with van der Waals surface area (Å²) in [6, 6.07) is 15.4. The van der Waals surface area contributed by atoms with Gasteiger partial charge >= 0.3 is 6.09 Å². The maximum Gasteiger partial charge on any atom is 0.409 e. The van der Waals surface area contributed by atoms with Crippen molar-refractivity contribution in [2.45, 2.75) is 77.2 Å². The molecule has 1 saturated carbocycles. The molecule has 42 heavy (non-hydrogen) atoms. The van der Waals surface area contributed by atoms with Crippen molar-refractivity contribution in [3.8, 4) is 11.1 Å². The lowest BCUT2D eigenvalue weighted by atomic mass is 9.97. The van der Waals surface area contributed by atoms with Crippen LogP contribution in [-0.4, -0.2) is 44.6 Å². The molecule has 2 amide bonds. The first kappa shape index (κ1) is 29.3. The molecule has 2 heterocycles. The highest BCUT2D eigenvalue weighted by Crippen LogP contribution is 2.40. The molecular formula is C34H40N4O4. The fourth-order valence-corrected chi connectivity index (χ4v) is 5.78. The molecule has 0 bridgehead atoms. The molecule has 1 aromatic heterocycles. The van der Waals surface area contributed by atoms with Gasteiger partial charge in [-0.1, -0.05) is 68.5 Å². The molecule has 8 heteroatoms. The number of unbranched alkanes of at least 4 members (excludes halogenated alkanes) is 1. The molecule has 5 rings (SSSR count). The van der Waals surface area contributed by atoms with Crippen LogP contribution >= 0.6 is 0 Å². The van der Waals surface area contributed by atoms with Gasteiger partial charge in [-0.2, -0.15) is 0 Å². The number of carbonyl (C=O) groups excluding carboxylic acids is 1. The minimum atomic E-state index is -1.16. The van der Waals surface area contributed by atoms with Crippen LogP contribution in [0.25, 0.3) is 16.8 Å². The Labute approximate surface area is 247 Å². The Bertz CT molecular complexity index is 1520. The Balaban J connectivity index is 1.46. The molecule has 8 nitrogen and oxygen atoms in total. The number of piperidine rings is 1. The summed E-state index contributed by atoms with van der Waals surface area (Å²) in [5.74, 6) is 1.11. The van der Waals surface area contributed by atoms with Gasteiger partial charge in [0.1, 0.15) is 5.82 Å². The maximum atomic E-state index is 14.1. The monoisotopic (exact) mass is 568 g/mol. The summed E-state index contributed by atoms with van der Waals surface area (Å²) < 4.78 is 1.78. The molecule has 2 aliphatic rings. The van der Waals surface area contributed by atoms with Gasteiger partial charge in [-0.3, -0.25) is 19.5 Å². The number of carbonyl (C=O) groups is 2. The van der Waals surface area contributed by atoms with Gasteiger partial charge in [-0.05, 0) is 55.2 Å². The van der Waals surface area contributed by atoms with Crippen molar-refractivity contribution in [2.75, 3.05) is 13.1 Å². The van der Waals surface area contributed by atoms with E-state index in [9.17, 15) is 14.4 Å². The smallest absolute Gasteiger partial charge is 0.409 e. The van der Waals surface area contributed by atoms with E-state index in [0.29, 0.717) is 23.4 Å². The van der Waals surface area contributed by atoms with Crippen LogP contribution in [0.3, 0.4) is 0 Å². The summed E-state index contributed by atoms with van der Waals surface area (Å²) in [5, 5.41) is 11.5. The van der Waals surface area contributed by atoms with Crippen LogP contribution in [0, 0.1) is 0 Å². The zero-order valence-corrected chi connectivity index (χ0v) is 24.4. The van der Waals surface area contributed by atoms with Gasteiger partial charge in [0.05, 0.1) is 18.7 Å². The zero-order valence-electron chi connectivity index (χ0n) is 24.4. The van der Waals surface area contributed by atoms with Gasteiger partial charge in [0.25, 0.3) is 5.56 Å². The van der Waals surface area contributed by atoms with Crippen molar-refractivity contribution in [1.82, 2.24) is 19.8 Å². The van der Waals surface area contributed by atoms with E-state index >= 15 is 0 Å². The standard InChI is InChI=1S/C34H40N4O4/c1-3-4-12-30-36-32(26-17-18-26)29(21-31(39)37-19-8-5-9-20-37)33(40)38(30)22-24-13-15-25(16-14-24)28-11-7-6-10-27(28)23(2)35-34(41)42/h6-7,10-11,13-16,26,35H,2-5,8-9,12,17-22H2,1H3,(H,41,42). The highest BCUT2D eigenvalue weighted by atomic mass is 16.4. The van der Waals surface area contributed by atoms with E-state index in [2.05, 4.69) is 18.8 Å². The molecule has 2 fully saturated rings. The van der Waals surface area contributed by atoms with Crippen LogP contribution in [-0.2, 0) is 24.2 Å². The van der Waals surface area contributed by atoms with Gasteiger partial charge in [-0.25, -0.2) is 9.78 Å². The molecule has 2 aromatic carbocycles. The molecule has 1 saturated heterocycles. The molecule has 0 radical (unpaired) electrons. The van der Waals surface area contributed by atoms with Crippen LogP contribution in [0.15, 0.2) is 59.9 Å². The second-order valence-corrected chi connectivity index (χ2v) is 11.4. The Kier molecular flexibility index (Phi) is 9.20. The zero-order chi connectivity index (χ0) is 29.6. The SMILES string of the molecule is C=C(NC(=O)O)c1ccccc1-c1ccc(Cn2c(CCCC)nc(C3CC3)c(CC(=O)N3CCCCC3)c2=O)cc1. The molecule has 1 aliphatic heterocycles. The number of aryl methyl sites for hydroxylation is 1. The fraction of sp³-hybridized carbons (Fsp3) is 0.412. The Morgan fingerprint density at radius 3 is 2.43 bits per heavy atom. The third-order valence-electron chi connectivity index (χ3n) is 8.24. The van der Waals surface area contributed by atoms with Gasteiger partial charge in [0.15, 0.2) is 0 Å². The number of carboxylic acid groups (broad SMARTS) is 1. The van der Waals surface area contributed by atoms with Crippen molar-refractivity contribution in [2.24, 2.45) is 0 Å². The van der Waals surface area contributed by atoms with E-state index in [0.717, 1.165) is 92.7 Å². The largest absolute Gasteiger partial charge is 0.465 e. The third kappa shape index (κ3) is 6.81. The Morgan fingerprint density at radius 2 is 1.76 bits per heavy atom. The topological polar surface area (TPSA) is 105 Å². The number of rotatable bonds is 11. The molecule has 2 N–H and O–H groups in total. The normalized spacial score (nSPS) is 14.9. The summed E-state index contributed by atoms with van der Waals surface area (Å²) in [6.45, 7) is 7.92. The number of likely N-dealkylation sites (tertiary alicyclic amines) is 1.